The van der Waals surface area contributed by atoms with Crippen LogP contribution < -0.4 is 10.1 Å². The lowest BCUT2D eigenvalue weighted by Gasteiger charge is -2.36. The quantitative estimate of drug-likeness (QED) is 0.863. The average molecular weight is 278 g/mol. The summed E-state index contributed by atoms with van der Waals surface area (Å²) < 4.78 is 11.6. The van der Waals surface area contributed by atoms with E-state index in [2.05, 4.69) is 29.3 Å². The summed E-state index contributed by atoms with van der Waals surface area (Å²) in [6.45, 7) is 8.79. The van der Waals surface area contributed by atoms with E-state index < -0.39 is 0 Å². The molecule has 0 bridgehead atoms. The second-order valence-electron chi connectivity index (χ2n) is 5.07. The van der Waals surface area contributed by atoms with Gasteiger partial charge in [0.2, 0.25) is 0 Å². The number of morpholine rings is 1. The fourth-order valence-electron chi connectivity index (χ4n) is 2.75. The third-order valence-corrected chi connectivity index (χ3v) is 3.84. The standard InChI is InChI=1S/C16H26N2O2/c1-4-18-9-10-20-15(12-18)16(17-3)13-7-6-8-14(11-13)19-5-2/h6-8,11,15-17H,4-5,9-10,12H2,1-3H3. The molecule has 2 atom stereocenters. The van der Waals surface area contributed by atoms with Crippen molar-refractivity contribution < 1.29 is 9.47 Å². The maximum absolute atomic E-state index is 5.97. The van der Waals surface area contributed by atoms with Crippen LogP contribution in [0.4, 0.5) is 0 Å². The Kier molecular flexibility index (Phi) is 5.83. The van der Waals surface area contributed by atoms with Gasteiger partial charge in [-0.05, 0) is 38.2 Å². The average Bonchev–Trinajstić information content (AvgIpc) is 2.49. The topological polar surface area (TPSA) is 33.7 Å². The summed E-state index contributed by atoms with van der Waals surface area (Å²) in [5, 5.41) is 3.39. The Morgan fingerprint density at radius 3 is 3.00 bits per heavy atom. The van der Waals surface area contributed by atoms with Crippen molar-refractivity contribution in [3.63, 3.8) is 0 Å². The molecule has 0 saturated carbocycles. The van der Waals surface area contributed by atoms with E-state index in [9.17, 15) is 0 Å². The Balaban J connectivity index is 2.12. The number of ether oxygens (including phenoxy) is 2. The number of hydrogen-bond donors (Lipinski definition) is 1. The molecule has 1 aliphatic heterocycles. The third-order valence-electron chi connectivity index (χ3n) is 3.84. The van der Waals surface area contributed by atoms with Gasteiger partial charge < -0.3 is 14.8 Å². The van der Waals surface area contributed by atoms with E-state index >= 15 is 0 Å². The Morgan fingerprint density at radius 1 is 1.45 bits per heavy atom. The van der Waals surface area contributed by atoms with E-state index in [1.165, 1.54) is 5.56 Å². The molecular formula is C16H26N2O2. The molecule has 1 heterocycles. The first-order chi connectivity index (χ1) is 9.78. The molecule has 2 unspecified atom stereocenters. The van der Waals surface area contributed by atoms with E-state index in [1.807, 2.05) is 26.1 Å². The second kappa shape index (κ2) is 7.62. The number of likely N-dealkylation sites (N-methyl/N-ethyl adjacent to an activating group) is 2. The molecule has 1 saturated heterocycles. The molecule has 4 nitrogen and oxygen atoms in total. The van der Waals surface area contributed by atoms with Crippen LogP contribution in [0.1, 0.15) is 25.5 Å². The Labute approximate surface area is 122 Å². The molecule has 0 aromatic heterocycles. The zero-order valence-electron chi connectivity index (χ0n) is 12.8. The maximum atomic E-state index is 5.97. The van der Waals surface area contributed by atoms with Crippen molar-refractivity contribution in [3.8, 4) is 5.75 Å². The predicted octanol–water partition coefficient (Wildman–Crippen LogP) is 2.07. The lowest BCUT2D eigenvalue weighted by atomic mass is 10.00. The van der Waals surface area contributed by atoms with Crippen molar-refractivity contribution in [2.75, 3.05) is 39.9 Å². The van der Waals surface area contributed by atoms with Gasteiger partial charge >= 0.3 is 0 Å². The minimum atomic E-state index is 0.186. The van der Waals surface area contributed by atoms with Crippen LogP contribution in [-0.4, -0.2) is 50.9 Å². The van der Waals surface area contributed by atoms with Crippen molar-refractivity contribution in [2.45, 2.75) is 26.0 Å². The van der Waals surface area contributed by atoms with Crippen LogP contribution in [0, 0.1) is 0 Å². The van der Waals surface area contributed by atoms with Crippen LogP contribution in [0.2, 0.25) is 0 Å². The molecule has 4 heteroatoms. The summed E-state index contributed by atoms with van der Waals surface area (Å²) in [6, 6.07) is 8.49. The highest BCUT2D eigenvalue weighted by atomic mass is 16.5. The van der Waals surface area contributed by atoms with Gasteiger partial charge in [0.15, 0.2) is 0 Å². The molecule has 0 aliphatic carbocycles. The van der Waals surface area contributed by atoms with Crippen LogP contribution in [0.3, 0.4) is 0 Å². The number of nitrogens with one attached hydrogen (secondary N) is 1. The molecule has 2 rings (SSSR count). The molecule has 1 aliphatic rings. The Bertz CT molecular complexity index is 411. The van der Waals surface area contributed by atoms with Gasteiger partial charge in [-0.15, -0.1) is 0 Å². The second-order valence-corrected chi connectivity index (χ2v) is 5.07. The highest BCUT2D eigenvalue weighted by Crippen LogP contribution is 2.25. The van der Waals surface area contributed by atoms with Crippen LogP contribution in [0.25, 0.3) is 0 Å². The van der Waals surface area contributed by atoms with Crippen molar-refractivity contribution in [1.82, 2.24) is 10.2 Å². The number of benzene rings is 1. The van der Waals surface area contributed by atoms with E-state index in [-0.39, 0.29) is 12.1 Å². The first-order valence-electron chi connectivity index (χ1n) is 7.52. The van der Waals surface area contributed by atoms with Crippen LogP contribution in [0.15, 0.2) is 24.3 Å². The number of nitrogens with zero attached hydrogens (tertiary/aromatic N) is 1. The minimum Gasteiger partial charge on any atom is -0.494 e. The van der Waals surface area contributed by atoms with E-state index in [1.54, 1.807) is 0 Å². The van der Waals surface area contributed by atoms with Gasteiger partial charge in [0.1, 0.15) is 5.75 Å². The smallest absolute Gasteiger partial charge is 0.119 e. The van der Waals surface area contributed by atoms with Gasteiger partial charge in [-0.25, -0.2) is 0 Å². The molecule has 0 radical (unpaired) electrons. The minimum absolute atomic E-state index is 0.186. The zero-order chi connectivity index (χ0) is 14.4. The molecule has 0 spiro atoms. The molecule has 1 aromatic rings. The summed E-state index contributed by atoms with van der Waals surface area (Å²) in [6.07, 6.45) is 0.186. The highest BCUT2D eigenvalue weighted by Gasteiger charge is 2.27. The predicted molar refractivity (Wildman–Crippen MR) is 81.3 cm³/mol. The van der Waals surface area contributed by atoms with Gasteiger partial charge in [0.25, 0.3) is 0 Å². The van der Waals surface area contributed by atoms with Crippen LogP contribution in [-0.2, 0) is 4.74 Å². The maximum Gasteiger partial charge on any atom is 0.119 e. The fraction of sp³-hybridized carbons (Fsp3) is 0.625. The monoisotopic (exact) mass is 278 g/mol. The first kappa shape index (κ1) is 15.3. The molecule has 20 heavy (non-hydrogen) atoms. The fourth-order valence-corrected chi connectivity index (χ4v) is 2.75. The number of rotatable bonds is 6. The van der Waals surface area contributed by atoms with Crippen molar-refractivity contribution in [3.05, 3.63) is 29.8 Å². The van der Waals surface area contributed by atoms with E-state index in [4.69, 9.17) is 9.47 Å². The number of hydrogen-bond acceptors (Lipinski definition) is 4. The summed E-state index contributed by atoms with van der Waals surface area (Å²) >= 11 is 0. The summed E-state index contributed by atoms with van der Waals surface area (Å²) in [5.74, 6) is 0.924. The van der Waals surface area contributed by atoms with Gasteiger partial charge in [0.05, 0.1) is 25.4 Å². The summed E-state index contributed by atoms with van der Waals surface area (Å²) in [4.78, 5) is 2.44. The lowest BCUT2D eigenvalue weighted by Crippen LogP contribution is -2.47. The molecule has 0 amide bonds. The summed E-state index contributed by atoms with van der Waals surface area (Å²) in [5.41, 5.74) is 1.22. The summed E-state index contributed by atoms with van der Waals surface area (Å²) in [7, 11) is 1.99. The largest absolute Gasteiger partial charge is 0.494 e. The molecular weight excluding hydrogens is 252 g/mol. The zero-order valence-corrected chi connectivity index (χ0v) is 12.8. The Morgan fingerprint density at radius 2 is 2.30 bits per heavy atom. The van der Waals surface area contributed by atoms with Gasteiger partial charge in [-0.2, -0.15) is 0 Å². The molecule has 1 aromatic carbocycles. The Hall–Kier alpha value is -1.10. The SMILES string of the molecule is CCOc1cccc(C(NC)C2CN(CC)CCO2)c1. The van der Waals surface area contributed by atoms with E-state index in [0.29, 0.717) is 6.61 Å². The highest BCUT2D eigenvalue weighted by molar-refractivity contribution is 5.31. The third kappa shape index (κ3) is 3.72. The van der Waals surface area contributed by atoms with Crippen molar-refractivity contribution in [1.29, 1.82) is 0 Å². The van der Waals surface area contributed by atoms with Crippen molar-refractivity contribution in [2.24, 2.45) is 0 Å². The normalized spacial score (nSPS) is 21.6. The van der Waals surface area contributed by atoms with E-state index in [0.717, 1.165) is 32.0 Å². The first-order valence-corrected chi connectivity index (χ1v) is 7.52. The van der Waals surface area contributed by atoms with Gasteiger partial charge in [-0.3, -0.25) is 4.90 Å². The van der Waals surface area contributed by atoms with Crippen LogP contribution in [0.5, 0.6) is 5.75 Å². The van der Waals surface area contributed by atoms with Crippen LogP contribution >= 0.6 is 0 Å². The molecule has 1 fully saturated rings. The lowest BCUT2D eigenvalue weighted by molar-refractivity contribution is -0.0444. The van der Waals surface area contributed by atoms with Gasteiger partial charge in [0, 0.05) is 13.1 Å². The molecule has 112 valence electrons. The molecule has 1 N–H and O–H groups in total. The van der Waals surface area contributed by atoms with Gasteiger partial charge in [-0.1, -0.05) is 19.1 Å². The van der Waals surface area contributed by atoms with Crippen molar-refractivity contribution >= 4 is 0 Å².